The maximum absolute atomic E-state index is 12.4. The van der Waals surface area contributed by atoms with E-state index >= 15 is 0 Å². The Hall–Kier alpha value is -3.71. The second kappa shape index (κ2) is 12.0. The molecular formula is C25H29N5O4. The van der Waals surface area contributed by atoms with E-state index in [4.69, 9.17) is 10.9 Å². The molecule has 0 heterocycles. The number of hydrogen-bond acceptors (Lipinski definition) is 6. The molecule has 2 atom stereocenters. The van der Waals surface area contributed by atoms with Crippen molar-refractivity contribution in [2.24, 2.45) is 5.73 Å². The van der Waals surface area contributed by atoms with Crippen molar-refractivity contribution in [3.8, 4) is 11.8 Å². The SMILES string of the molecule is CC(N)C(NC(=O)c1ccc(C#Cc2ccc(NC(=O)CNC3CCC3)cc2)cc1)C(=O)NO. The standard InChI is InChI=1S/C25H29N5O4/c1-16(26)23(25(33)30-34)29-24(32)19-11-7-17(8-12-19)5-6-18-9-13-21(14-10-18)28-22(31)15-27-20-3-2-4-20/h7-14,16,20,23,27,34H,2-4,15,26H2,1H3,(H,28,31)(H,29,32)(H,30,33). The largest absolute Gasteiger partial charge is 0.339 e. The van der Waals surface area contributed by atoms with Crippen LogP contribution in [-0.2, 0) is 9.59 Å². The Kier molecular flexibility index (Phi) is 8.76. The Morgan fingerprint density at radius 1 is 1.03 bits per heavy atom. The molecule has 0 spiro atoms. The van der Waals surface area contributed by atoms with Gasteiger partial charge in [-0.1, -0.05) is 18.3 Å². The monoisotopic (exact) mass is 463 g/mol. The van der Waals surface area contributed by atoms with Crippen LogP contribution in [0, 0.1) is 11.8 Å². The van der Waals surface area contributed by atoms with Crippen LogP contribution in [0.25, 0.3) is 0 Å². The highest BCUT2D eigenvalue weighted by Gasteiger charge is 2.24. The molecule has 0 saturated heterocycles. The van der Waals surface area contributed by atoms with Crippen LogP contribution in [0.15, 0.2) is 48.5 Å². The molecule has 9 heteroatoms. The first-order chi connectivity index (χ1) is 16.4. The van der Waals surface area contributed by atoms with E-state index in [1.165, 1.54) is 11.9 Å². The highest BCUT2D eigenvalue weighted by Crippen LogP contribution is 2.17. The molecule has 178 valence electrons. The van der Waals surface area contributed by atoms with E-state index in [-0.39, 0.29) is 5.91 Å². The van der Waals surface area contributed by atoms with E-state index in [1.807, 2.05) is 12.1 Å². The lowest BCUT2D eigenvalue weighted by molar-refractivity contribution is -0.131. The molecule has 7 N–H and O–H groups in total. The molecule has 3 rings (SSSR count). The lowest BCUT2D eigenvalue weighted by Crippen LogP contribution is -2.54. The van der Waals surface area contributed by atoms with Gasteiger partial charge >= 0.3 is 0 Å². The van der Waals surface area contributed by atoms with Crippen molar-refractivity contribution >= 4 is 23.4 Å². The molecule has 1 aliphatic carbocycles. The second-order valence-electron chi connectivity index (χ2n) is 8.25. The van der Waals surface area contributed by atoms with Crippen LogP contribution in [0.2, 0.25) is 0 Å². The fourth-order valence-electron chi connectivity index (χ4n) is 3.27. The number of hydrogen-bond donors (Lipinski definition) is 6. The van der Waals surface area contributed by atoms with Crippen molar-refractivity contribution in [3.63, 3.8) is 0 Å². The van der Waals surface area contributed by atoms with Crippen molar-refractivity contribution in [1.29, 1.82) is 0 Å². The van der Waals surface area contributed by atoms with Crippen molar-refractivity contribution in [3.05, 3.63) is 65.2 Å². The minimum atomic E-state index is -1.07. The van der Waals surface area contributed by atoms with Crippen molar-refractivity contribution in [2.75, 3.05) is 11.9 Å². The summed E-state index contributed by atoms with van der Waals surface area (Å²) in [6, 6.07) is 12.5. The molecule has 0 radical (unpaired) electrons. The predicted molar refractivity (Wildman–Crippen MR) is 128 cm³/mol. The highest BCUT2D eigenvalue weighted by molar-refractivity contribution is 5.97. The molecule has 2 aromatic rings. The second-order valence-corrected chi connectivity index (χ2v) is 8.25. The maximum Gasteiger partial charge on any atom is 0.267 e. The number of amides is 3. The Morgan fingerprint density at radius 3 is 2.12 bits per heavy atom. The van der Waals surface area contributed by atoms with Gasteiger partial charge in [-0.15, -0.1) is 0 Å². The van der Waals surface area contributed by atoms with Crippen LogP contribution in [0.3, 0.4) is 0 Å². The number of nitrogens with one attached hydrogen (secondary N) is 4. The summed E-state index contributed by atoms with van der Waals surface area (Å²) in [6.45, 7) is 1.85. The molecule has 2 unspecified atom stereocenters. The molecule has 1 saturated carbocycles. The zero-order valence-electron chi connectivity index (χ0n) is 18.9. The van der Waals surface area contributed by atoms with Crippen molar-refractivity contribution in [2.45, 2.75) is 44.3 Å². The van der Waals surface area contributed by atoms with Gasteiger partial charge in [0.25, 0.3) is 11.8 Å². The zero-order valence-corrected chi connectivity index (χ0v) is 18.9. The minimum absolute atomic E-state index is 0.0703. The highest BCUT2D eigenvalue weighted by atomic mass is 16.5. The van der Waals surface area contributed by atoms with Gasteiger partial charge in [0.2, 0.25) is 5.91 Å². The number of benzene rings is 2. The molecule has 1 fully saturated rings. The molecule has 34 heavy (non-hydrogen) atoms. The van der Waals surface area contributed by atoms with E-state index in [0.29, 0.717) is 29.4 Å². The van der Waals surface area contributed by atoms with E-state index in [2.05, 4.69) is 27.8 Å². The fraction of sp³-hybridized carbons (Fsp3) is 0.320. The summed E-state index contributed by atoms with van der Waals surface area (Å²) < 4.78 is 0. The van der Waals surface area contributed by atoms with Gasteiger partial charge in [0, 0.05) is 34.5 Å². The molecule has 0 bridgehead atoms. The van der Waals surface area contributed by atoms with Gasteiger partial charge in [0.05, 0.1) is 6.54 Å². The third-order valence-corrected chi connectivity index (χ3v) is 5.53. The average Bonchev–Trinajstić information content (AvgIpc) is 2.80. The van der Waals surface area contributed by atoms with Crippen LogP contribution >= 0.6 is 0 Å². The number of nitrogens with two attached hydrogens (primary N) is 1. The maximum atomic E-state index is 12.4. The molecule has 2 aromatic carbocycles. The van der Waals surface area contributed by atoms with Gasteiger partial charge in [-0.3, -0.25) is 19.6 Å². The summed E-state index contributed by atoms with van der Waals surface area (Å²) in [5.41, 5.74) is 9.71. The summed E-state index contributed by atoms with van der Waals surface area (Å²) in [4.78, 5) is 36.0. The summed E-state index contributed by atoms with van der Waals surface area (Å²) in [7, 11) is 0. The van der Waals surface area contributed by atoms with Crippen molar-refractivity contribution < 1.29 is 19.6 Å². The van der Waals surface area contributed by atoms with Crippen LogP contribution in [0.4, 0.5) is 5.69 Å². The van der Waals surface area contributed by atoms with E-state index in [1.54, 1.807) is 43.3 Å². The smallest absolute Gasteiger partial charge is 0.267 e. The van der Waals surface area contributed by atoms with Gasteiger partial charge in [-0.2, -0.15) is 0 Å². The number of carbonyl (C=O) groups excluding carboxylic acids is 3. The quantitative estimate of drug-likeness (QED) is 0.197. The number of carbonyl (C=O) groups is 3. The van der Waals surface area contributed by atoms with Gasteiger partial charge in [0.15, 0.2) is 0 Å². The van der Waals surface area contributed by atoms with Crippen LogP contribution in [-0.4, -0.2) is 47.6 Å². The number of rotatable bonds is 8. The summed E-state index contributed by atoms with van der Waals surface area (Å²) in [5.74, 6) is 4.71. The third kappa shape index (κ3) is 7.15. The average molecular weight is 464 g/mol. The topological polar surface area (TPSA) is 146 Å². The summed E-state index contributed by atoms with van der Waals surface area (Å²) in [5, 5.41) is 17.4. The Labute approximate surface area is 198 Å². The first kappa shape index (κ1) is 24.9. The van der Waals surface area contributed by atoms with E-state index in [0.717, 1.165) is 18.4 Å². The third-order valence-electron chi connectivity index (χ3n) is 5.53. The van der Waals surface area contributed by atoms with Crippen LogP contribution in [0.1, 0.15) is 47.7 Å². The Balaban J connectivity index is 1.53. The van der Waals surface area contributed by atoms with E-state index in [9.17, 15) is 14.4 Å². The molecular weight excluding hydrogens is 434 g/mol. The fourth-order valence-corrected chi connectivity index (χ4v) is 3.27. The normalized spacial score (nSPS) is 14.6. The Morgan fingerprint density at radius 2 is 1.62 bits per heavy atom. The lowest BCUT2D eigenvalue weighted by atomic mass is 9.93. The van der Waals surface area contributed by atoms with Gasteiger partial charge in [0.1, 0.15) is 6.04 Å². The summed E-state index contributed by atoms with van der Waals surface area (Å²) in [6.07, 6.45) is 3.49. The van der Waals surface area contributed by atoms with Gasteiger partial charge in [-0.25, -0.2) is 5.48 Å². The Bertz CT molecular complexity index is 1070. The predicted octanol–water partition coefficient (Wildman–Crippen LogP) is 1.12. The lowest BCUT2D eigenvalue weighted by Gasteiger charge is -2.26. The minimum Gasteiger partial charge on any atom is -0.339 e. The van der Waals surface area contributed by atoms with Crippen molar-refractivity contribution in [1.82, 2.24) is 16.1 Å². The van der Waals surface area contributed by atoms with Crippen LogP contribution in [0.5, 0.6) is 0 Å². The first-order valence-corrected chi connectivity index (χ1v) is 11.1. The molecule has 0 aliphatic heterocycles. The van der Waals surface area contributed by atoms with Gasteiger partial charge in [-0.05, 0) is 68.3 Å². The number of hydroxylamine groups is 1. The molecule has 0 aromatic heterocycles. The molecule has 9 nitrogen and oxygen atoms in total. The van der Waals surface area contributed by atoms with Crippen LogP contribution < -0.4 is 27.2 Å². The zero-order chi connectivity index (χ0) is 24.5. The molecule has 1 aliphatic rings. The van der Waals surface area contributed by atoms with Gasteiger partial charge < -0.3 is 21.7 Å². The first-order valence-electron chi connectivity index (χ1n) is 11.1. The summed E-state index contributed by atoms with van der Waals surface area (Å²) >= 11 is 0. The molecule has 3 amide bonds. The number of anilines is 1. The van der Waals surface area contributed by atoms with E-state index < -0.39 is 23.9 Å².